The smallest absolute Gasteiger partial charge is 0.345 e. The van der Waals surface area contributed by atoms with Gasteiger partial charge in [0, 0.05) is 6.92 Å². The van der Waals surface area contributed by atoms with E-state index in [4.69, 9.17) is 5.11 Å². The van der Waals surface area contributed by atoms with E-state index in [1.807, 2.05) is 0 Å². The largest absolute Gasteiger partial charge is 0.477 e. The molecule has 0 spiro atoms. The fraction of sp³-hybridized carbons (Fsp3) is 0.200. The van der Waals surface area contributed by atoms with Gasteiger partial charge in [0.15, 0.2) is 0 Å². The van der Waals surface area contributed by atoms with E-state index < -0.39 is 5.97 Å². The number of amides is 1. The Balaban J connectivity index is 2.56. The van der Waals surface area contributed by atoms with Crippen molar-refractivity contribution in [2.75, 3.05) is 6.54 Å². The number of carbonyl (C=O) groups is 2. The Labute approximate surface area is 90.9 Å². The van der Waals surface area contributed by atoms with Crippen molar-refractivity contribution < 1.29 is 14.7 Å². The molecule has 15 heavy (non-hydrogen) atoms. The van der Waals surface area contributed by atoms with E-state index in [0.29, 0.717) is 4.88 Å². The number of carboxylic acids is 1. The second kappa shape index (κ2) is 5.17. The van der Waals surface area contributed by atoms with Crippen LogP contribution in [-0.4, -0.2) is 23.5 Å². The molecule has 1 heterocycles. The highest BCUT2D eigenvalue weighted by Gasteiger charge is 2.04. The zero-order valence-corrected chi connectivity index (χ0v) is 8.85. The van der Waals surface area contributed by atoms with E-state index in [-0.39, 0.29) is 17.3 Å². The lowest BCUT2D eigenvalue weighted by atomic mass is 10.4. The van der Waals surface area contributed by atoms with Crippen molar-refractivity contribution in [2.24, 2.45) is 0 Å². The van der Waals surface area contributed by atoms with Gasteiger partial charge in [-0.1, -0.05) is 11.8 Å². The molecule has 1 rings (SSSR count). The van der Waals surface area contributed by atoms with Crippen LogP contribution in [0.1, 0.15) is 21.5 Å². The summed E-state index contributed by atoms with van der Waals surface area (Å²) >= 11 is 1.11. The molecular weight excluding hydrogens is 214 g/mol. The van der Waals surface area contributed by atoms with Crippen molar-refractivity contribution in [1.29, 1.82) is 0 Å². The highest BCUT2D eigenvalue weighted by molar-refractivity contribution is 7.14. The zero-order chi connectivity index (χ0) is 11.3. The van der Waals surface area contributed by atoms with Crippen molar-refractivity contribution in [3.8, 4) is 11.8 Å². The van der Waals surface area contributed by atoms with Crippen LogP contribution in [0, 0.1) is 11.8 Å². The minimum Gasteiger partial charge on any atom is -0.477 e. The molecule has 0 aliphatic rings. The number of hydrogen-bond acceptors (Lipinski definition) is 3. The lowest BCUT2D eigenvalue weighted by molar-refractivity contribution is -0.118. The summed E-state index contributed by atoms with van der Waals surface area (Å²) in [5, 5.41) is 11.2. The van der Waals surface area contributed by atoms with Gasteiger partial charge in [-0.15, -0.1) is 11.3 Å². The lowest BCUT2D eigenvalue weighted by Crippen LogP contribution is -2.19. The van der Waals surface area contributed by atoms with Gasteiger partial charge >= 0.3 is 5.97 Å². The molecular formula is C10H9NO3S. The number of carbonyl (C=O) groups excluding carboxylic acids is 1. The molecule has 78 valence electrons. The van der Waals surface area contributed by atoms with Crippen molar-refractivity contribution in [3.05, 3.63) is 21.9 Å². The Bertz CT molecular complexity index is 439. The zero-order valence-electron chi connectivity index (χ0n) is 8.03. The first-order chi connectivity index (χ1) is 7.09. The Kier molecular flexibility index (Phi) is 3.89. The van der Waals surface area contributed by atoms with Crippen LogP contribution in [0.3, 0.4) is 0 Å². The number of nitrogens with one attached hydrogen (secondary N) is 1. The third kappa shape index (κ3) is 3.83. The van der Waals surface area contributed by atoms with Crippen LogP contribution in [0.25, 0.3) is 0 Å². The van der Waals surface area contributed by atoms with Gasteiger partial charge in [0.2, 0.25) is 5.91 Å². The van der Waals surface area contributed by atoms with Gasteiger partial charge < -0.3 is 10.4 Å². The fourth-order valence-electron chi connectivity index (χ4n) is 0.820. The van der Waals surface area contributed by atoms with E-state index in [0.717, 1.165) is 11.3 Å². The molecule has 0 saturated heterocycles. The van der Waals surface area contributed by atoms with E-state index in [1.165, 1.54) is 13.0 Å². The number of thiophene rings is 1. The molecule has 0 fully saturated rings. The van der Waals surface area contributed by atoms with Crippen LogP contribution >= 0.6 is 11.3 Å². The highest BCUT2D eigenvalue weighted by atomic mass is 32.1. The first-order valence-electron chi connectivity index (χ1n) is 4.16. The van der Waals surface area contributed by atoms with E-state index in [2.05, 4.69) is 17.2 Å². The average molecular weight is 223 g/mol. The standard InChI is InChI=1S/C10H9NO3S/c1-7(12)11-6-2-3-8-4-5-9(15-8)10(13)14/h4-5H,6H2,1H3,(H,11,12)(H,13,14). The van der Waals surface area contributed by atoms with Gasteiger partial charge in [-0.05, 0) is 12.1 Å². The van der Waals surface area contributed by atoms with Crippen LogP contribution in [0.15, 0.2) is 12.1 Å². The molecule has 2 N–H and O–H groups in total. The Morgan fingerprint density at radius 1 is 1.53 bits per heavy atom. The predicted molar refractivity (Wildman–Crippen MR) is 56.8 cm³/mol. The molecule has 0 aliphatic carbocycles. The lowest BCUT2D eigenvalue weighted by Gasteiger charge is -1.90. The van der Waals surface area contributed by atoms with Gasteiger partial charge in [-0.3, -0.25) is 4.79 Å². The summed E-state index contributed by atoms with van der Waals surface area (Å²) in [6.45, 7) is 1.69. The maximum Gasteiger partial charge on any atom is 0.345 e. The third-order valence-electron chi connectivity index (χ3n) is 1.45. The van der Waals surface area contributed by atoms with Crippen LogP contribution in [0.5, 0.6) is 0 Å². The van der Waals surface area contributed by atoms with Crippen molar-refractivity contribution in [2.45, 2.75) is 6.92 Å². The molecule has 0 aromatic carbocycles. The molecule has 0 aliphatic heterocycles. The average Bonchev–Trinajstić information content (AvgIpc) is 2.60. The van der Waals surface area contributed by atoms with Crippen molar-refractivity contribution in [1.82, 2.24) is 5.32 Å². The molecule has 0 unspecified atom stereocenters. The van der Waals surface area contributed by atoms with E-state index in [9.17, 15) is 9.59 Å². The van der Waals surface area contributed by atoms with Crippen LogP contribution < -0.4 is 5.32 Å². The molecule has 1 aromatic heterocycles. The van der Waals surface area contributed by atoms with Crippen LogP contribution in [0.2, 0.25) is 0 Å². The predicted octanol–water partition coefficient (Wildman–Crippen LogP) is 0.934. The van der Waals surface area contributed by atoms with Crippen molar-refractivity contribution >= 4 is 23.2 Å². The van der Waals surface area contributed by atoms with Crippen molar-refractivity contribution in [3.63, 3.8) is 0 Å². The number of carboxylic acid groups (broad SMARTS) is 1. The summed E-state index contributed by atoms with van der Waals surface area (Å²) in [6.07, 6.45) is 0. The molecule has 5 heteroatoms. The molecule has 1 amide bonds. The summed E-state index contributed by atoms with van der Waals surface area (Å²) < 4.78 is 0. The minimum absolute atomic E-state index is 0.137. The molecule has 1 aromatic rings. The maximum absolute atomic E-state index is 10.5. The second-order valence-electron chi connectivity index (χ2n) is 2.68. The van der Waals surface area contributed by atoms with Crippen LogP contribution in [-0.2, 0) is 4.79 Å². The first-order valence-corrected chi connectivity index (χ1v) is 4.97. The Morgan fingerprint density at radius 3 is 2.80 bits per heavy atom. The highest BCUT2D eigenvalue weighted by Crippen LogP contribution is 2.14. The monoisotopic (exact) mass is 223 g/mol. The molecule has 0 atom stereocenters. The van der Waals surface area contributed by atoms with Crippen LogP contribution in [0.4, 0.5) is 0 Å². The Morgan fingerprint density at radius 2 is 2.27 bits per heavy atom. The summed E-state index contributed by atoms with van der Waals surface area (Å²) in [5.74, 6) is 4.40. The molecule has 0 bridgehead atoms. The third-order valence-corrected chi connectivity index (χ3v) is 2.44. The second-order valence-corrected chi connectivity index (χ2v) is 3.76. The first kappa shape index (κ1) is 11.3. The molecule has 4 nitrogen and oxygen atoms in total. The quantitative estimate of drug-likeness (QED) is 0.733. The number of rotatable bonds is 2. The SMILES string of the molecule is CC(=O)NCC#Cc1ccc(C(=O)O)s1. The van der Waals surface area contributed by atoms with Gasteiger partial charge in [-0.25, -0.2) is 4.79 Å². The summed E-state index contributed by atoms with van der Waals surface area (Å²) in [4.78, 5) is 22.0. The number of aromatic carboxylic acids is 1. The molecule has 0 radical (unpaired) electrons. The normalized spacial score (nSPS) is 8.87. The summed E-state index contributed by atoms with van der Waals surface area (Å²) in [7, 11) is 0. The number of hydrogen-bond donors (Lipinski definition) is 2. The van der Waals surface area contributed by atoms with E-state index >= 15 is 0 Å². The van der Waals surface area contributed by atoms with Gasteiger partial charge in [0.1, 0.15) is 4.88 Å². The summed E-state index contributed by atoms with van der Waals surface area (Å²) in [6, 6.07) is 3.16. The molecule has 0 saturated carbocycles. The Hall–Kier alpha value is -1.80. The van der Waals surface area contributed by atoms with Gasteiger partial charge in [0.25, 0.3) is 0 Å². The van der Waals surface area contributed by atoms with Gasteiger partial charge in [0.05, 0.1) is 11.4 Å². The minimum atomic E-state index is -0.949. The van der Waals surface area contributed by atoms with Gasteiger partial charge in [-0.2, -0.15) is 0 Å². The fourth-order valence-corrected chi connectivity index (χ4v) is 1.54. The topological polar surface area (TPSA) is 66.4 Å². The van der Waals surface area contributed by atoms with E-state index in [1.54, 1.807) is 6.07 Å². The maximum atomic E-state index is 10.5. The summed E-state index contributed by atoms with van der Waals surface area (Å²) in [5.41, 5.74) is 0.